The van der Waals surface area contributed by atoms with E-state index in [1.165, 1.54) is 12.1 Å². The molecule has 8 heteroatoms. The molecule has 0 bridgehead atoms. The third kappa shape index (κ3) is 4.47. The number of nitrogens with two attached hydrogens (primary N) is 1. The highest BCUT2D eigenvalue weighted by Crippen LogP contribution is 2.31. The molecule has 3 N–H and O–H groups in total. The van der Waals surface area contributed by atoms with E-state index in [0.717, 1.165) is 42.6 Å². The fourth-order valence-corrected chi connectivity index (χ4v) is 3.68. The van der Waals surface area contributed by atoms with Crippen LogP contribution >= 0.6 is 12.4 Å². The van der Waals surface area contributed by atoms with Crippen LogP contribution < -0.4 is 16.0 Å². The van der Waals surface area contributed by atoms with Crippen LogP contribution in [-0.4, -0.2) is 33.7 Å². The van der Waals surface area contributed by atoms with Crippen molar-refractivity contribution < 1.29 is 13.2 Å². The average molecular weight is 396 g/mol. The van der Waals surface area contributed by atoms with Crippen LogP contribution in [0.2, 0.25) is 0 Å². The van der Waals surface area contributed by atoms with Crippen molar-refractivity contribution in [2.45, 2.75) is 17.7 Å². The van der Waals surface area contributed by atoms with Crippen LogP contribution in [-0.2, 0) is 21.1 Å². The monoisotopic (exact) mass is 395 g/mol. The molecule has 26 heavy (non-hydrogen) atoms. The molecule has 6 nitrogen and oxygen atoms in total. The van der Waals surface area contributed by atoms with Gasteiger partial charge in [0.05, 0.1) is 11.4 Å². The Morgan fingerprint density at radius 2 is 1.88 bits per heavy atom. The maximum atomic E-state index is 12.4. The normalized spacial score (nSPS) is 13.5. The van der Waals surface area contributed by atoms with Crippen LogP contribution in [0.1, 0.15) is 12.0 Å². The third-order valence-corrected chi connectivity index (χ3v) is 5.41. The number of nitrogens with one attached hydrogen (secondary N) is 1. The number of halogens is 1. The number of nitrogens with zero attached hydrogens (tertiary/aromatic N) is 1. The van der Waals surface area contributed by atoms with Crippen molar-refractivity contribution in [2.24, 2.45) is 0 Å². The SMILES string of the molecule is CS(=O)(=O)c1ccc(NC(=O)CN2CCCc3c(N)cccc32)cc1.Cl. The van der Waals surface area contributed by atoms with Crippen LogP contribution in [0.5, 0.6) is 0 Å². The van der Waals surface area contributed by atoms with Crippen LogP contribution in [0.4, 0.5) is 17.1 Å². The molecule has 0 spiro atoms. The van der Waals surface area contributed by atoms with Gasteiger partial charge in [0.1, 0.15) is 0 Å². The minimum atomic E-state index is -3.24. The molecule has 1 aliphatic heterocycles. The van der Waals surface area contributed by atoms with Crippen LogP contribution in [0, 0.1) is 0 Å². The first kappa shape index (κ1) is 20.1. The molecule has 0 saturated carbocycles. The highest BCUT2D eigenvalue weighted by Gasteiger charge is 2.20. The van der Waals surface area contributed by atoms with E-state index >= 15 is 0 Å². The van der Waals surface area contributed by atoms with Crippen LogP contribution in [0.25, 0.3) is 0 Å². The average Bonchev–Trinajstić information content (AvgIpc) is 2.55. The molecule has 1 aliphatic rings. The van der Waals surface area contributed by atoms with Crippen LogP contribution in [0.3, 0.4) is 0 Å². The second kappa shape index (κ2) is 7.97. The summed E-state index contributed by atoms with van der Waals surface area (Å²) in [5.74, 6) is -0.151. The van der Waals surface area contributed by atoms with Gasteiger partial charge >= 0.3 is 0 Å². The third-order valence-electron chi connectivity index (χ3n) is 4.28. The van der Waals surface area contributed by atoms with Gasteiger partial charge in [-0.25, -0.2) is 8.42 Å². The first-order valence-electron chi connectivity index (χ1n) is 8.07. The molecule has 0 fully saturated rings. The van der Waals surface area contributed by atoms with Gasteiger partial charge < -0.3 is 16.0 Å². The van der Waals surface area contributed by atoms with E-state index in [9.17, 15) is 13.2 Å². The van der Waals surface area contributed by atoms with Crippen molar-refractivity contribution in [2.75, 3.05) is 35.3 Å². The molecule has 0 aliphatic carbocycles. The Bertz CT molecular complexity index is 898. The molecule has 0 aromatic heterocycles. The molecule has 0 atom stereocenters. The molecule has 140 valence electrons. The first-order chi connectivity index (χ1) is 11.8. The Morgan fingerprint density at radius 3 is 2.54 bits per heavy atom. The molecule has 0 saturated heterocycles. The Kier molecular flexibility index (Phi) is 6.15. The summed E-state index contributed by atoms with van der Waals surface area (Å²) in [7, 11) is -3.24. The van der Waals surface area contributed by atoms with E-state index in [-0.39, 0.29) is 29.8 Å². The Balaban J connectivity index is 0.00000243. The van der Waals surface area contributed by atoms with Gasteiger partial charge in [-0.2, -0.15) is 0 Å². The number of hydrogen-bond donors (Lipinski definition) is 2. The maximum Gasteiger partial charge on any atom is 0.243 e. The maximum absolute atomic E-state index is 12.4. The van der Waals surface area contributed by atoms with Crippen molar-refractivity contribution in [3.63, 3.8) is 0 Å². The quantitative estimate of drug-likeness (QED) is 0.776. The van der Waals surface area contributed by atoms with Gasteiger partial charge in [-0.3, -0.25) is 4.79 Å². The molecular weight excluding hydrogens is 374 g/mol. The molecule has 0 unspecified atom stereocenters. The number of nitrogen functional groups attached to an aromatic ring is 1. The van der Waals surface area contributed by atoms with Gasteiger partial charge in [-0.1, -0.05) is 6.07 Å². The lowest BCUT2D eigenvalue weighted by Gasteiger charge is -2.31. The van der Waals surface area contributed by atoms with Crippen molar-refractivity contribution in [1.29, 1.82) is 0 Å². The van der Waals surface area contributed by atoms with E-state index in [2.05, 4.69) is 5.32 Å². The topological polar surface area (TPSA) is 92.5 Å². The molecule has 1 heterocycles. The first-order valence-corrected chi connectivity index (χ1v) is 9.96. The number of amides is 1. The fourth-order valence-electron chi connectivity index (χ4n) is 3.05. The number of fused-ring (bicyclic) bond motifs is 1. The van der Waals surface area contributed by atoms with E-state index in [1.807, 2.05) is 23.1 Å². The summed E-state index contributed by atoms with van der Waals surface area (Å²) in [6, 6.07) is 11.9. The Labute approximate surface area is 159 Å². The number of rotatable bonds is 4. The molecule has 1 amide bonds. The summed E-state index contributed by atoms with van der Waals surface area (Å²) < 4.78 is 22.9. The zero-order chi connectivity index (χ0) is 18.0. The molecule has 2 aromatic carbocycles. The summed E-state index contributed by atoms with van der Waals surface area (Å²) in [6.07, 6.45) is 3.03. The van der Waals surface area contributed by atoms with Gasteiger partial charge in [-0.15, -0.1) is 12.4 Å². The standard InChI is InChI=1S/C18H21N3O3S.ClH/c1-25(23,24)14-9-7-13(8-10-14)20-18(22)12-21-11-3-4-15-16(19)5-2-6-17(15)21;/h2,5-10H,3-4,11-12,19H2,1H3,(H,20,22);1H. The zero-order valence-electron chi connectivity index (χ0n) is 14.4. The molecule has 2 aromatic rings. The zero-order valence-corrected chi connectivity index (χ0v) is 16.1. The predicted octanol–water partition coefficient (Wildman–Crippen LogP) is 2.49. The summed E-state index contributed by atoms with van der Waals surface area (Å²) in [5, 5.41) is 2.81. The highest BCUT2D eigenvalue weighted by molar-refractivity contribution is 7.90. The van der Waals surface area contributed by atoms with Gasteiger partial charge in [0.2, 0.25) is 5.91 Å². The van der Waals surface area contributed by atoms with Gasteiger partial charge in [-0.05, 0) is 54.8 Å². The molecular formula is C18H22ClN3O3S. The largest absolute Gasteiger partial charge is 0.398 e. The highest BCUT2D eigenvalue weighted by atomic mass is 35.5. The van der Waals surface area contributed by atoms with E-state index in [1.54, 1.807) is 12.1 Å². The lowest BCUT2D eigenvalue weighted by Crippen LogP contribution is -2.37. The minimum Gasteiger partial charge on any atom is -0.398 e. The van der Waals surface area contributed by atoms with Crippen molar-refractivity contribution >= 4 is 45.2 Å². The van der Waals surface area contributed by atoms with Gasteiger partial charge in [0, 0.05) is 29.9 Å². The second-order valence-electron chi connectivity index (χ2n) is 6.21. The predicted molar refractivity (Wildman–Crippen MR) is 107 cm³/mol. The molecule has 3 rings (SSSR count). The van der Waals surface area contributed by atoms with E-state index < -0.39 is 9.84 Å². The summed E-state index contributed by atoms with van der Waals surface area (Å²) >= 11 is 0. The van der Waals surface area contributed by atoms with E-state index in [4.69, 9.17) is 5.73 Å². The van der Waals surface area contributed by atoms with Gasteiger partial charge in [0.15, 0.2) is 9.84 Å². The van der Waals surface area contributed by atoms with Crippen LogP contribution in [0.15, 0.2) is 47.4 Å². The van der Waals surface area contributed by atoms with Crippen molar-refractivity contribution in [3.8, 4) is 0 Å². The summed E-state index contributed by atoms with van der Waals surface area (Å²) in [4.78, 5) is 14.6. The Morgan fingerprint density at radius 1 is 1.19 bits per heavy atom. The lowest BCUT2D eigenvalue weighted by molar-refractivity contribution is -0.115. The number of hydrogen-bond acceptors (Lipinski definition) is 5. The number of carbonyl (C=O) groups excluding carboxylic acids is 1. The number of anilines is 3. The fraction of sp³-hybridized carbons (Fsp3) is 0.278. The number of carbonyl (C=O) groups is 1. The molecule has 0 radical (unpaired) electrons. The second-order valence-corrected chi connectivity index (χ2v) is 8.23. The van der Waals surface area contributed by atoms with Gasteiger partial charge in [0.25, 0.3) is 0 Å². The van der Waals surface area contributed by atoms with Crippen molar-refractivity contribution in [3.05, 3.63) is 48.0 Å². The smallest absolute Gasteiger partial charge is 0.243 e. The van der Waals surface area contributed by atoms with E-state index in [0.29, 0.717) is 5.69 Å². The lowest BCUT2D eigenvalue weighted by atomic mass is 10.00. The number of sulfone groups is 1. The Hall–Kier alpha value is -2.25. The minimum absolute atomic E-state index is 0. The summed E-state index contributed by atoms with van der Waals surface area (Å²) in [5.41, 5.74) is 9.47. The van der Waals surface area contributed by atoms with Crippen molar-refractivity contribution in [1.82, 2.24) is 0 Å². The number of benzene rings is 2. The summed E-state index contributed by atoms with van der Waals surface area (Å²) in [6.45, 7) is 1.03.